The van der Waals surface area contributed by atoms with Crippen LogP contribution in [0.15, 0.2) is 28.8 Å². The van der Waals surface area contributed by atoms with Crippen LogP contribution in [0.1, 0.15) is 25.2 Å². The number of hydrogen-bond donors (Lipinski definition) is 1. The second kappa shape index (κ2) is 6.37. The molecule has 1 aromatic carbocycles. The van der Waals surface area contributed by atoms with Gasteiger partial charge in [-0.1, -0.05) is 36.7 Å². The molecule has 0 atom stereocenters. The molecule has 2 rings (SSSR count). The first-order valence-electron chi connectivity index (χ1n) is 7.18. The second-order valence-electron chi connectivity index (χ2n) is 6.43. The van der Waals surface area contributed by atoms with Crippen LogP contribution < -0.4 is 5.73 Å². The third-order valence-corrected chi connectivity index (χ3v) is 3.39. The Morgan fingerprint density at radius 1 is 1.33 bits per heavy atom. The molecule has 114 valence electrons. The Labute approximate surface area is 126 Å². The van der Waals surface area contributed by atoms with E-state index in [9.17, 15) is 0 Å². The van der Waals surface area contributed by atoms with E-state index >= 15 is 0 Å². The fraction of sp³-hybridized carbons (Fsp3) is 0.500. The Kier molecular flexibility index (Phi) is 4.75. The van der Waals surface area contributed by atoms with E-state index < -0.39 is 0 Å². The summed E-state index contributed by atoms with van der Waals surface area (Å²) in [6.07, 6.45) is 0. The SMILES string of the molecule is Cc1cccc(-c2nc(CN(C)CC(C)(C)CN)no2)c1. The summed E-state index contributed by atoms with van der Waals surface area (Å²) in [6, 6.07) is 8.05. The van der Waals surface area contributed by atoms with Crippen LogP contribution in [0.2, 0.25) is 0 Å². The lowest BCUT2D eigenvalue weighted by atomic mass is 9.93. The van der Waals surface area contributed by atoms with Gasteiger partial charge in [-0.3, -0.25) is 4.90 Å². The smallest absolute Gasteiger partial charge is 0.257 e. The summed E-state index contributed by atoms with van der Waals surface area (Å²) in [7, 11) is 2.04. The summed E-state index contributed by atoms with van der Waals surface area (Å²) in [4.78, 5) is 6.63. The molecule has 0 amide bonds. The van der Waals surface area contributed by atoms with Crippen LogP contribution in [-0.2, 0) is 6.54 Å². The van der Waals surface area contributed by atoms with Gasteiger partial charge in [-0.15, -0.1) is 0 Å². The van der Waals surface area contributed by atoms with E-state index in [1.54, 1.807) is 0 Å². The first-order valence-corrected chi connectivity index (χ1v) is 7.18. The molecule has 1 heterocycles. The molecule has 0 bridgehead atoms. The molecule has 0 unspecified atom stereocenters. The van der Waals surface area contributed by atoms with Crippen LogP contribution in [-0.4, -0.2) is 35.2 Å². The van der Waals surface area contributed by atoms with Gasteiger partial charge in [0.05, 0.1) is 6.54 Å². The summed E-state index contributed by atoms with van der Waals surface area (Å²) in [5.41, 5.74) is 7.98. The van der Waals surface area contributed by atoms with Crippen LogP contribution in [0.5, 0.6) is 0 Å². The molecule has 5 nitrogen and oxygen atoms in total. The Morgan fingerprint density at radius 2 is 2.10 bits per heavy atom. The number of nitrogens with zero attached hydrogens (tertiary/aromatic N) is 3. The molecular formula is C16H24N4O. The summed E-state index contributed by atoms with van der Waals surface area (Å²) in [5, 5.41) is 4.06. The zero-order valence-electron chi connectivity index (χ0n) is 13.3. The molecule has 2 aromatic rings. The van der Waals surface area contributed by atoms with E-state index in [1.165, 1.54) is 5.56 Å². The maximum Gasteiger partial charge on any atom is 0.257 e. The summed E-state index contributed by atoms with van der Waals surface area (Å²) in [5.74, 6) is 1.27. The monoisotopic (exact) mass is 288 g/mol. The maximum atomic E-state index is 5.77. The Hall–Kier alpha value is -1.72. The predicted octanol–water partition coefficient (Wildman–Crippen LogP) is 2.46. The standard InChI is InChI=1S/C16H24N4O/c1-12-6-5-7-13(8-12)15-18-14(19-21-15)9-20(4)11-16(2,3)10-17/h5-8H,9-11,17H2,1-4H3. The average Bonchev–Trinajstić information content (AvgIpc) is 2.86. The first-order chi connectivity index (χ1) is 9.89. The first kappa shape index (κ1) is 15.7. The van der Waals surface area contributed by atoms with E-state index in [1.807, 2.05) is 38.2 Å². The highest BCUT2D eigenvalue weighted by Gasteiger charge is 2.19. The van der Waals surface area contributed by atoms with Crippen molar-refractivity contribution < 1.29 is 4.52 Å². The summed E-state index contributed by atoms with van der Waals surface area (Å²) in [6.45, 7) is 8.54. The Bertz CT molecular complexity index is 591. The molecule has 21 heavy (non-hydrogen) atoms. The third kappa shape index (κ3) is 4.37. The van der Waals surface area contributed by atoms with Crippen molar-refractivity contribution >= 4 is 0 Å². The van der Waals surface area contributed by atoms with Crippen molar-refractivity contribution in [1.29, 1.82) is 0 Å². The van der Waals surface area contributed by atoms with Gasteiger partial charge in [-0.2, -0.15) is 4.98 Å². The maximum absolute atomic E-state index is 5.77. The largest absolute Gasteiger partial charge is 0.334 e. The molecular weight excluding hydrogens is 264 g/mol. The number of benzene rings is 1. The number of aromatic nitrogens is 2. The van der Waals surface area contributed by atoms with Gasteiger partial charge >= 0.3 is 0 Å². The molecule has 5 heteroatoms. The Balaban J connectivity index is 2.03. The number of aryl methyl sites for hydroxylation is 1. The zero-order valence-corrected chi connectivity index (χ0v) is 13.3. The normalized spacial score (nSPS) is 12.1. The van der Waals surface area contributed by atoms with Crippen molar-refractivity contribution in [3.63, 3.8) is 0 Å². The van der Waals surface area contributed by atoms with Crippen LogP contribution in [0, 0.1) is 12.3 Å². The summed E-state index contributed by atoms with van der Waals surface area (Å²) >= 11 is 0. The summed E-state index contributed by atoms with van der Waals surface area (Å²) < 4.78 is 5.35. The highest BCUT2D eigenvalue weighted by atomic mass is 16.5. The lowest BCUT2D eigenvalue weighted by molar-refractivity contribution is 0.204. The minimum Gasteiger partial charge on any atom is -0.334 e. The van der Waals surface area contributed by atoms with E-state index in [0.29, 0.717) is 24.8 Å². The fourth-order valence-corrected chi connectivity index (χ4v) is 2.31. The zero-order chi connectivity index (χ0) is 15.5. The molecule has 0 aliphatic carbocycles. The van der Waals surface area contributed by atoms with Gasteiger partial charge in [-0.05, 0) is 38.1 Å². The fourth-order valence-electron chi connectivity index (χ4n) is 2.31. The highest BCUT2D eigenvalue weighted by molar-refractivity contribution is 5.53. The average molecular weight is 288 g/mol. The van der Waals surface area contributed by atoms with E-state index in [0.717, 1.165) is 12.1 Å². The number of rotatable bonds is 6. The van der Waals surface area contributed by atoms with Gasteiger partial charge < -0.3 is 10.3 Å². The minimum absolute atomic E-state index is 0.0812. The lowest BCUT2D eigenvalue weighted by Gasteiger charge is -2.28. The van der Waals surface area contributed by atoms with Crippen molar-refractivity contribution in [3.8, 4) is 11.5 Å². The van der Waals surface area contributed by atoms with Gasteiger partial charge in [0.25, 0.3) is 5.89 Å². The predicted molar refractivity (Wildman–Crippen MR) is 83.6 cm³/mol. The molecule has 0 radical (unpaired) electrons. The molecule has 0 saturated heterocycles. The molecule has 0 aliphatic rings. The van der Waals surface area contributed by atoms with Crippen molar-refractivity contribution in [3.05, 3.63) is 35.7 Å². The van der Waals surface area contributed by atoms with Crippen molar-refractivity contribution in [2.45, 2.75) is 27.3 Å². The number of hydrogen-bond acceptors (Lipinski definition) is 5. The topological polar surface area (TPSA) is 68.2 Å². The minimum atomic E-state index is 0.0812. The quantitative estimate of drug-likeness (QED) is 0.884. The van der Waals surface area contributed by atoms with Crippen LogP contribution in [0.4, 0.5) is 0 Å². The highest BCUT2D eigenvalue weighted by Crippen LogP contribution is 2.19. The number of nitrogens with two attached hydrogens (primary N) is 1. The van der Waals surface area contributed by atoms with Crippen molar-refractivity contribution in [2.75, 3.05) is 20.1 Å². The van der Waals surface area contributed by atoms with Gasteiger partial charge in [0.15, 0.2) is 5.82 Å². The molecule has 1 aromatic heterocycles. The Morgan fingerprint density at radius 3 is 2.76 bits per heavy atom. The van der Waals surface area contributed by atoms with Crippen molar-refractivity contribution in [2.24, 2.45) is 11.1 Å². The van der Waals surface area contributed by atoms with Crippen LogP contribution in [0.3, 0.4) is 0 Å². The van der Waals surface area contributed by atoms with Gasteiger partial charge in [-0.25, -0.2) is 0 Å². The molecule has 2 N–H and O–H groups in total. The van der Waals surface area contributed by atoms with Gasteiger partial charge in [0, 0.05) is 12.1 Å². The van der Waals surface area contributed by atoms with Crippen molar-refractivity contribution in [1.82, 2.24) is 15.0 Å². The van der Waals surface area contributed by atoms with Gasteiger partial charge in [0.2, 0.25) is 0 Å². The van der Waals surface area contributed by atoms with E-state index in [2.05, 4.69) is 28.9 Å². The third-order valence-electron chi connectivity index (χ3n) is 3.39. The molecule has 0 spiro atoms. The van der Waals surface area contributed by atoms with Gasteiger partial charge in [0.1, 0.15) is 0 Å². The van der Waals surface area contributed by atoms with E-state index in [4.69, 9.17) is 10.3 Å². The molecule has 0 saturated carbocycles. The second-order valence-corrected chi connectivity index (χ2v) is 6.43. The molecule has 0 aliphatic heterocycles. The van der Waals surface area contributed by atoms with E-state index in [-0.39, 0.29) is 5.41 Å². The van der Waals surface area contributed by atoms with Crippen LogP contribution >= 0.6 is 0 Å². The molecule has 0 fully saturated rings. The lowest BCUT2D eigenvalue weighted by Crippen LogP contribution is -2.36. The van der Waals surface area contributed by atoms with Crippen LogP contribution in [0.25, 0.3) is 11.5 Å².